The maximum Gasteiger partial charge on any atom is 0.123 e. The van der Waals surface area contributed by atoms with Crippen molar-refractivity contribution in [2.45, 2.75) is 25.7 Å². The molecule has 0 amide bonds. The Balaban J connectivity index is 1.96. The summed E-state index contributed by atoms with van der Waals surface area (Å²) in [7, 11) is 0. The van der Waals surface area contributed by atoms with Crippen LogP contribution in [0.5, 0.6) is 0 Å². The summed E-state index contributed by atoms with van der Waals surface area (Å²) in [5.41, 5.74) is 6.43. The third-order valence-electron chi connectivity index (χ3n) is 4.13. The van der Waals surface area contributed by atoms with Gasteiger partial charge in [-0.05, 0) is 74.2 Å². The van der Waals surface area contributed by atoms with Crippen molar-refractivity contribution in [3.05, 3.63) is 106 Å². The van der Waals surface area contributed by atoms with E-state index in [-0.39, 0.29) is 5.82 Å². The van der Waals surface area contributed by atoms with Crippen LogP contribution in [-0.2, 0) is 0 Å². The third-order valence-corrected chi connectivity index (χ3v) is 5.14. The summed E-state index contributed by atoms with van der Waals surface area (Å²) in [6, 6.07) is 23.1. The Hall–Kier alpha value is -2.65. The molecule has 1 nitrogen and oxygen atoms in total. The van der Waals surface area contributed by atoms with Crippen molar-refractivity contribution in [1.29, 1.82) is 0 Å². The first-order valence-electron chi connectivity index (χ1n) is 8.83. The Kier molecular flexibility index (Phi) is 6.25. The molecule has 0 aromatic heterocycles. The fraction of sp³-hybridized carbons (Fsp3) is 0.125. The Morgan fingerprint density at radius 1 is 0.889 bits per heavy atom. The van der Waals surface area contributed by atoms with Gasteiger partial charge in [0, 0.05) is 10.5 Å². The van der Waals surface area contributed by atoms with Gasteiger partial charge in [-0.3, -0.25) is 0 Å². The van der Waals surface area contributed by atoms with E-state index in [4.69, 9.17) is 4.99 Å². The van der Waals surface area contributed by atoms with E-state index in [2.05, 4.69) is 62.6 Å². The van der Waals surface area contributed by atoms with Crippen molar-refractivity contribution in [2.24, 2.45) is 4.99 Å². The molecule has 0 atom stereocenters. The number of nitrogens with zero attached hydrogens (tertiary/aromatic N) is 1. The predicted octanol–water partition coefficient (Wildman–Crippen LogP) is 7.26. The molecule has 136 valence electrons. The van der Waals surface area contributed by atoms with Gasteiger partial charge < -0.3 is 0 Å². The van der Waals surface area contributed by atoms with E-state index >= 15 is 0 Å². The lowest BCUT2D eigenvalue weighted by Crippen LogP contribution is -2.02. The second-order valence-corrected chi connectivity index (χ2v) is 7.48. The monoisotopic (exact) mass is 375 g/mol. The van der Waals surface area contributed by atoms with Gasteiger partial charge in [0.2, 0.25) is 0 Å². The van der Waals surface area contributed by atoms with E-state index in [1.54, 1.807) is 23.9 Å². The average Bonchev–Trinajstić information content (AvgIpc) is 2.67. The van der Waals surface area contributed by atoms with Gasteiger partial charge in [0.15, 0.2) is 0 Å². The van der Waals surface area contributed by atoms with E-state index in [0.717, 1.165) is 27.4 Å². The van der Waals surface area contributed by atoms with Gasteiger partial charge in [-0.1, -0.05) is 53.2 Å². The number of aryl methyl sites for hydroxylation is 2. The van der Waals surface area contributed by atoms with Gasteiger partial charge in [0.25, 0.3) is 0 Å². The van der Waals surface area contributed by atoms with Gasteiger partial charge >= 0.3 is 0 Å². The van der Waals surface area contributed by atoms with E-state index in [1.165, 1.54) is 23.3 Å². The zero-order valence-electron chi connectivity index (χ0n) is 15.7. The minimum Gasteiger partial charge on any atom is -0.248 e. The first-order valence-corrected chi connectivity index (χ1v) is 9.71. The lowest BCUT2D eigenvalue weighted by molar-refractivity contribution is 0.626. The summed E-state index contributed by atoms with van der Waals surface area (Å²) < 4.78 is 13.1. The molecule has 0 radical (unpaired) electrons. The van der Waals surface area contributed by atoms with Crippen LogP contribution in [0.2, 0.25) is 0 Å². The van der Waals surface area contributed by atoms with Gasteiger partial charge in [0.05, 0.1) is 11.4 Å². The zero-order chi connectivity index (χ0) is 19.2. The largest absolute Gasteiger partial charge is 0.248 e. The summed E-state index contributed by atoms with van der Waals surface area (Å²) in [5, 5.41) is 2.07. The number of thioether (sulfide) groups is 1. The smallest absolute Gasteiger partial charge is 0.123 e. The Morgan fingerprint density at radius 2 is 1.59 bits per heavy atom. The van der Waals surface area contributed by atoms with Gasteiger partial charge in [-0.15, -0.1) is 0 Å². The molecule has 0 saturated heterocycles. The van der Waals surface area contributed by atoms with Crippen molar-refractivity contribution in [1.82, 2.24) is 0 Å². The number of hydrogen-bond donors (Lipinski definition) is 0. The topological polar surface area (TPSA) is 12.4 Å². The summed E-state index contributed by atoms with van der Waals surface area (Å²) in [6.07, 6.45) is 0. The first-order chi connectivity index (χ1) is 13.0. The number of hydrogen-bond acceptors (Lipinski definition) is 2. The highest BCUT2D eigenvalue weighted by atomic mass is 32.2. The average molecular weight is 376 g/mol. The van der Waals surface area contributed by atoms with Crippen LogP contribution in [0.15, 0.2) is 93.7 Å². The highest BCUT2D eigenvalue weighted by Gasteiger charge is 2.08. The molecule has 0 unspecified atom stereocenters. The fourth-order valence-electron chi connectivity index (χ4n) is 2.65. The van der Waals surface area contributed by atoms with Crippen molar-refractivity contribution in [2.75, 3.05) is 0 Å². The molecule has 0 saturated carbocycles. The minimum atomic E-state index is -0.221. The maximum absolute atomic E-state index is 13.1. The molecule has 3 aromatic carbocycles. The molecule has 27 heavy (non-hydrogen) atoms. The van der Waals surface area contributed by atoms with Crippen LogP contribution in [0.4, 0.5) is 10.1 Å². The van der Waals surface area contributed by atoms with E-state index in [0.29, 0.717) is 0 Å². The number of aliphatic imine (C=N–C) groups is 1. The van der Waals surface area contributed by atoms with Crippen LogP contribution < -0.4 is 0 Å². The summed E-state index contributed by atoms with van der Waals surface area (Å²) in [5.74, 6) is -0.221. The quantitative estimate of drug-likeness (QED) is 0.338. The molecule has 0 aliphatic carbocycles. The molecule has 0 spiro atoms. The molecule has 0 aliphatic rings. The summed E-state index contributed by atoms with van der Waals surface area (Å²) >= 11 is 1.57. The number of allylic oxidation sites excluding steroid dienone is 1. The molecule has 0 bridgehead atoms. The molecular formula is C24H22FNS. The SMILES string of the molecule is CC(=CSc1ccc(F)cc1)C(=Nc1ccc(C)cc1)c1cccc(C)c1. The van der Waals surface area contributed by atoms with E-state index < -0.39 is 0 Å². The van der Waals surface area contributed by atoms with Crippen LogP contribution in [0.1, 0.15) is 23.6 Å². The molecule has 0 fully saturated rings. The highest BCUT2D eigenvalue weighted by molar-refractivity contribution is 8.02. The number of benzene rings is 3. The Labute approximate surface area is 164 Å². The first kappa shape index (κ1) is 19.1. The number of rotatable bonds is 5. The molecular weight excluding hydrogens is 353 g/mol. The molecule has 0 N–H and O–H groups in total. The lowest BCUT2D eigenvalue weighted by Gasteiger charge is -2.09. The highest BCUT2D eigenvalue weighted by Crippen LogP contribution is 2.24. The molecule has 3 heteroatoms. The maximum atomic E-state index is 13.1. The zero-order valence-corrected chi connectivity index (χ0v) is 16.6. The van der Waals surface area contributed by atoms with Crippen molar-refractivity contribution < 1.29 is 4.39 Å². The van der Waals surface area contributed by atoms with Crippen LogP contribution >= 0.6 is 11.8 Å². The molecule has 3 rings (SSSR count). The Morgan fingerprint density at radius 3 is 2.26 bits per heavy atom. The predicted molar refractivity (Wildman–Crippen MR) is 115 cm³/mol. The second-order valence-electron chi connectivity index (χ2n) is 6.54. The van der Waals surface area contributed by atoms with Crippen LogP contribution in [0.3, 0.4) is 0 Å². The third kappa shape index (κ3) is 5.41. The van der Waals surface area contributed by atoms with Crippen LogP contribution in [0, 0.1) is 19.7 Å². The molecule has 0 aliphatic heterocycles. The summed E-state index contributed by atoms with van der Waals surface area (Å²) in [6.45, 7) is 6.21. The normalized spacial score (nSPS) is 12.3. The van der Waals surface area contributed by atoms with Crippen LogP contribution in [-0.4, -0.2) is 5.71 Å². The minimum absolute atomic E-state index is 0.221. The van der Waals surface area contributed by atoms with Gasteiger partial charge in [-0.25, -0.2) is 9.38 Å². The van der Waals surface area contributed by atoms with Crippen LogP contribution in [0.25, 0.3) is 0 Å². The second kappa shape index (κ2) is 8.83. The standard InChI is InChI=1S/C24H22FNS/c1-17-7-11-22(12-8-17)26-24(20-6-4-5-18(2)15-20)19(3)16-27-23-13-9-21(25)10-14-23/h4-16H,1-3H3. The van der Waals surface area contributed by atoms with Crippen molar-refractivity contribution in [3.8, 4) is 0 Å². The molecule has 3 aromatic rings. The summed E-state index contributed by atoms with van der Waals surface area (Å²) in [4.78, 5) is 5.91. The van der Waals surface area contributed by atoms with E-state index in [1.807, 2.05) is 12.1 Å². The van der Waals surface area contributed by atoms with Gasteiger partial charge in [-0.2, -0.15) is 0 Å². The van der Waals surface area contributed by atoms with E-state index in [9.17, 15) is 4.39 Å². The molecule has 0 heterocycles. The van der Waals surface area contributed by atoms with Gasteiger partial charge in [0.1, 0.15) is 5.82 Å². The number of halogens is 1. The Bertz CT molecular complexity index is 970. The van der Waals surface area contributed by atoms with Crippen molar-refractivity contribution in [3.63, 3.8) is 0 Å². The fourth-order valence-corrected chi connectivity index (χ4v) is 3.36. The van der Waals surface area contributed by atoms with Crippen molar-refractivity contribution >= 4 is 23.2 Å². The lowest BCUT2D eigenvalue weighted by atomic mass is 10.0.